The maximum atomic E-state index is 12.7. The first-order chi connectivity index (χ1) is 16.1. The van der Waals surface area contributed by atoms with Gasteiger partial charge in [-0.2, -0.15) is 25.8 Å². The fourth-order valence-corrected chi connectivity index (χ4v) is 3.74. The predicted octanol–water partition coefficient (Wildman–Crippen LogP) is 5.32. The molecule has 1 aromatic rings. The van der Waals surface area contributed by atoms with Gasteiger partial charge < -0.3 is 20.4 Å². The Morgan fingerprint density at radius 3 is 2.37 bits per heavy atom. The maximum Gasteiger partial charge on any atom is 0.401 e. The van der Waals surface area contributed by atoms with E-state index in [-0.39, 0.29) is 28.8 Å². The van der Waals surface area contributed by atoms with Crippen molar-refractivity contribution in [2.24, 2.45) is 11.7 Å². The molecule has 0 saturated heterocycles. The summed E-state index contributed by atoms with van der Waals surface area (Å²) in [4.78, 5) is 12.7. The minimum atomic E-state index is -4.06. The van der Waals surface area contributed by atoms with Gasteiger partial charge >= 0.3 is 12.1 Å². The molecule has 0 aromatic heterocycles. The van der Waals surface area contributed by atoms with Crippen LogP contribution in [0.15, 0.2) is 30.3 Å². The summed E-state index contributed by atoms with van der Waals surface area (Å²) in [6, 6.07) is 9.73. The quantitative estimate of drug-likeness (QED) is 0.161. The molecule has 1 aliphatic carbocycles. The first-order valence-corrected chi connectivity index (χ1v) is 12.5. The number of rotatable bonds is 11. The Morgan fingerprint density at radius 1 is 1.23 bits per heavy atom. The molecule has 0 aliphatic heterocycles. The number of thiol groups is 1. The number of hydrogen-bond donors (Lipinski definition) is 3. The third-order valence-electron chi connectivity index (χ3n) is 6.57. The first kappa shape index (κ1) is 31.8. The van der Waals surface area contributed by atoms with Crippen LogP contribution in [0.3, 0.4) is 0 Å². The van der Waals surface area contributed by atoms with Gasteiger partial charge in [-0.15, -0.1) is 0 Å². The van der Waals surface area contributed by atoms with E-state index in [0.29, 0.717) is 6.42 Å². The molecule has 0 heterocycles. The van der Waals surface area contributed by atoms with Gasteiger partial charge in [0.15, 0.2) is 0 Å². The molecule has 0 amide bonds. The highest BCUT2D eigenvalue weighted by Gasteiger charge is 2.46. The number of alkyl halides is 3. The molecule has 199 valence electrons. The molecular formula is C25H41BF3N2O3S. The number of benzene rings is 1. The normalized spacial score (nSPS) is 20.7. The Morgan fingerprint density at radius 2 is 1.86 bits per heavy atom. The van der Waals surface area contributed by atoms with Crippen molar-refractivity contribution in [3.8, 4) is 0 Å². The molecule has 35 heavy (non-hydrogen) atoms. The van der Waals surface area contributed by atoms with E-state index in [1.54, 1.807) is 0 Å². The number of ether oxygens (including phenoxy) is 1. The molecule has 5 nitrogen and oxygen atoms in total. The highest BCUT2D eigenvalue weighted by molar-refractivity contribution is 7.81. The molecule has 10 heteroatoms. The number of halogens is 3. The van der Waals surface area contributed by atoms with Crippen LogP contribution >= 0.6 is 12.6 Å². The average molecular weight is 517 g/mol. The van der Waals surface area contributed by atoms with E-state index >= 15 is 0 Å². The zero-order valence-electron chi connectivity index (χ0n) is 21.6. The molecule has 3 N–H and O–H groups in total. The molecule has 0 spiro atoms. The lowest BCUT2D eigenvalue weighted by atomic mass is 9.80. The summed E-state index contributed by atoms with van der Waals surface area (Å²) in [6.45, 7) is 7.55. The van der Waals surface area contributed by atoms with Gasteiger partial charge in [0.2, 0.25) is 0 Å². The molecule has 1 aromatic carbocycles. The van der Waals surface area contributed by atoms with Crippen molar-refractivity contribution >= 4 is 26.1 Å². The molecule has 2 unspecified atom stereocenters. The average Bonchev–Trinajstić information content (AvgIpc) is 3.13. The van der Waals surface area contributed by atoms with Gasteiger partial charge in [0, 0.05) is 4.75 Å². The largest absolute Gasteiger partial charge is 0.459 e. The molecule has 1 aliphatic rings. The maximum absolute atomic E-state index is 12.7. The fraction of sp³-hybridized carbons (Fsp3) is 0.720. The summed E-state index contributed by atoms with van der Waals surface area (Å²) in [7, 11) is 3.13. The van der Waals surface area contributed by atoms with Gasteiger partial charge in [-0.25, -0.2) is 0 Å². The highest BCUT2D eigenvalue weighted by Crippen LogP contribution is 2.38. The third-order valence-corrected chi connectivity index (χ3v) is 7.11. The van der Waals surface area contributed by atoms with Gasteiger partial charge in [-0.3, -0.25) is 4.79 Å². The monoisotopic (exact) mass is 517 g/mol. The lowest BCUT2D eigenvalue weighted by Gasteiger charge is -2.38. The van der Waals surface area contributed by atoms with Crippen molar-refractivity contribution in [3.63, 3.8) is 0 Å². The van der Waals surface area contributed by atoms with Crippen LogP contribution in [-0.4, -0.2) is 49.1 Å². The number of carbonyl (C=O) groups excluding carboxylic acids is 1. The zero-order chi connectivity index (χ0) is 26.8. The predicted molar refractivity (Wildman–Crippen MR) is 139 cm³/mol. The van der Waals surface area contributed by atoms with Crippen molar-refractivity contribution in [3.05, 3.63) is 35.9 Å². The van der Waals surface area contributed by atoms with Crippen molar-refractivity contribution in [1.29, 1.82) is 0 Å². The molecule has 2 rings (SSSR count). The summed E-state index contributed by atoms with van der Waals surface area (Å²) < 4.78 is 44.2. The van der Waals surface area contributed by atoms with E-state index in [2.05, 4.69) is 12.6 Å². The van der Waals surface area contributed by atoms with Crippen LogP contribution < -0.4 is 11.1 Å². The summed E-state index contributed by atoms with van der Waals surface area (Å²) in [6.07, 6.45) is 1.27. The van der Waals surface area contributed by atoms with Crippen LogP contribution in [0.5, 0.6) is 0 Å². The van der Waals surface area contributed by atoms with E-state index in [1.807, 2.05) is 70.8 Å². The van der Waals surface area contributed by atoms with Crippen LogP contribution in [-0.2, 0) is 20.8 Å². The number of nitrogens with one attached hydrogen (secondary N) is 1. The Bertz CT molecular complexity index is 761. The second kappa shape index (κ2) is 13.9. The van der Waals surface area contributed by atoms with Crippen LogP contribution in [0.4, 0.5) is 13.2 Å². The van der Waals surface area contributed by atoms with Gasteiger partial charge in [-0.1, -0.05) is 49.5 Å². The van der Waals surface area contributed by atoms with Crippen molar-refractivity contribution in [1.82, 2.24) is 5.32 Å². The summed E-state index contributed by atoms with van der Waals surface area (Å²) in [5.41, 5.74) is 6.30. The molecule has 2 atom stereocenters. The summed E-state index contributed by atoms with van der Waals surface area (Å²) in [5.74, 6) is -0.101. The molecule has 1 radical (unpaired) electrons. The third kappa shape index (κ3) is 11.1. The van der Waals surface area contributed by atoms with E-state index in [1.165, 1.54) is 7.05 Å². The second-order valence-corrected chi connectivity index (χ2v) is 11.2. The topological polar surface area (TPSA) is 73.6 Å². The molecular weight excluding hydrogens is 476 g/mol. The Kier molecular flexibility index (Phi) is 12.6. The van der Waals surface area contributed by atoms with Crippen molar-refractivity contribution in [2.75, 3.05) is 13.6 Å². The Labute approximate surface area is 214 Å². The summed E-state index contributed by atoms with van der Waals surface area (Å²) in [5, 5.41) is 1.98. The number of carbonyl (C=O) groups is 1. The van der Waals surface area contributed by atoms with Crippen LogP contribution in [0.2, 0.25) is 6.32 Å². The smallest absolute Gasteiger partial charge is 0.401 e. The van der Waals surface area contributed by atoms with E-state index in [4.69, 9.17) is 15.1 Å². The second-order valence-electron chi connectivity index (χ2n) is 10.1. The standard InChI is InChI=1S/C22H35BNO3S.C3H6F3N/c1-20(2,21(3,4)28)27-23-15-9-13-18-12-8-14-22(18,24)19(25)26-16-17-10-6-5-7-11-17;1-7-2-3(4,5)6/h5-7,10-11,18,28H,8-9,12-16,24H2,1-4H3;7H,2H2,1H3. The van der Waals surface area contributed by atoms with Crippen LogP contribution in [0, 0.1) is 5.92 Å². The number of hydrogen-bond acceptors (Lipinski definition) is 6. The Balaban J connectivity index is 0.000000762. The SMILES string of the molecule is CC(C)(S)C(C)(C)O[B]CCCC1CCCC1(N)C(=O)OCc1ccccc1.CNCC(F)(F)F. The lowest BCUT2D eigenvalue weighted by molar-refractivity contribution is -0.153. The fourth-order valence-electron chi connectivity index (χ4n) is 3.69. The molecule has 1 fully saturated rings. The zero-order valence-corrected chi connectivity index (χ0v) is 22.5. The molecule has 1 saturated carbocycles. The van der Waals surface area contributed by atoms with Crippen LogP contribution in [0.25, 0.3) is 0 Å². The highest BCUT2D eigenvalue weighted by atomic mass is 32.1. The van der Waals surface area contributed by atoms with Crippen molar-refractivity contribution < 1.29 is 27.4 Å². The van der Waals surface area contributed by atoms with E-state index in [0.717, 1.165) is 37.6 Å². The van der Waals surface area contributed by atoms with E-state index in [9.17, 15) is 18.0 Å². The lowest BCUT2D eigenvalue weighted by Crippen LogP contribution is -2.52. The van der Waals surface area contributed by atoms with Gasteiger partial charge in [0.1, 0.15) is 12.1 Å². The first-order valence-electron chi connectivity index (χ1n) is 12.1. The number of nitrogens with two attached hydrogens (primary N) is 1. The van der Waals surface area contributed by atoms with E-state index < -0.39 is 18.3 Å². The van der Waals surface area contributed by atoms with Crippen LogP contribution in [0.1, 0.15) is 65.4 Å². The molecule has 0 bridgehead atoms. The summed E-state index contributed by atoms with van der Waals surface area (Å²) >= 11 is 4.61. The van der Waals surface area contributed by atoms with Crippen molar-refractivity contribution in [2.45, 2.75) is 94.8 Å². The minimum Gasteiger partial charge on any atom is -0.459 e. The number of esters is 1. The van der Waals surface area contributed by atoms with Gasteiger partial charge in [-0.05, 0) is 65.5 Å². The van der Waals surface area contributed by atoms with Gasteiger partial charge in [0.05, 0.1) is 12.1 Å². The van der Waals surface area contributed by atoms with Gasteiger partial charge in [0.25, 0.3) is 7.48 Å². The minimum absolute atomic E-state index is 0.165. The Hall–Kier alpha value is -1.23.